The summed E-state index contributed by atoms with van der Waals surface area (Å²) in [4.78, 5) is 71.7. The number of ketones is 2. The van der Waals surface area contributed by atoms with E-state index in [1.165, 1.54) is 0 Å². The van der Waals surface area contributed by atoms with Crippen molar-refractivity contribution in [2.24, 2.45) is 0 Å². The third-order valence-electron chi connectivity index (χ3n) is 13.5. The van der Waals surface area contributed by atoms with Crippen molar-refractivity contribution in [1.82, 2.24) is 30.6 Å². The standard InChI is InChI=1S/C35H65N5O14.C33H61N5O12/c1-43-13-17-47-10-5-7-30(41)31-33(36-8-6-11-48-21-22-52-25-23-50-19-15-45-3)40-32(35(42)37-9-12-49-18-14-44-2)34(39-31)38-29-54-28-27-53-26-24-51-20-16-46-4;1-41-12-5-8-28(39)29-31(34-9-6-13-45-20-22-49-26-24-47-18-16-43-3)38-30(33(40)36-11-15-42-2)32(37-29)35-10-7-14-46-21-23-50-27-25-48-19-17-44-4/h5-29H2,1-4H3,(H,36,40)(H,37,42)(H,38,39);5-27H2,1-4H3,(H,34,38)(H,35,37)(H,36,40). The molecule has 0 radical (unpaired) electrons. The molecule has 0 aromatic carbocycles. The monoisotopic (exact) mass is 1500 g/mol. The first-order chi connectivity index (χ1) is 51.2. The fourth-order valence-corrected chi connectivity index (χ4v) is 8.15. The molecule has 2 aromatic heterocycles. The van der Waals surface area contributed by atoms with Gasteiger partial charge in [0.2, 0.25) is 0 Å². The number of carbonyl (C=O) groups excluding carboxylic acids is 4. The quantitative estimate of drug-likeness (QED) is 0.0315. The smallest absolute Gasteiger partial charge is 0.273 e. The second-order valence-corrected chi connectivity index (χ2v) is 21.8. The van der Waals surface area contributed by atoms with Gasteiger partial charge in [-0.2, -0.15) is 0 Å². The first kappa shape index (κ1) is 96.8. The normalized spacial score (nSPS) is 11.2. The van der Waals surface area contributed by atoms with E-state index in [-0.39, 0.29) is 103 Å². The van der Waals surface area contributed by atoms with Crippen LogP contribution >= 0.6 is 0 Å². The lowest BCUT2D eigenvalue weighted by Gasteiger charge is -2.16. The van der Waals surface area contributed by atoms with Crippen molar-refractivity contribution in [1.29, 1.82) is 0 Å². The second-order valence-electron chi connectivity index (χ2n) is 21.8. The zero-order valence-corrected chi connectivity index (χ0v) is 63.3. The van der Waals surface area contributed by atoms with Crippen LogP contribution < -0.4 is 31.9 Å². The molecule has 0 fully saturated rings. The molecule has 0 bridgehead atoms. The summed E-state index contributed by atoms with van der Waals surface area (Å²) in [6.07, 6.45) is 3.20. The number of anilines is 4. The van der Waals surface area contributed by atoms with Crippen LogP contribution in [0.25, 0.3) is 0 Å². The van der Waals surface area contributed by atoms with Gasteiger partial charge >= 0.3 is 0 Å². The minimum absolute atomic E-state index is 0.0125. The summed E-state index contributed by atoms with van der Waals surface area (Å²) in [5, 5.41) is 18.1. The lowest BCUT2D eigenvalue weighted by atomic mass is 10.1. The number of hydrogen-bond donors (Lipinski definition) is 6. The maximum Gasteiger partial charge on any atom is 0.273 e. The van der Waals surface area contributed by atoms with E-state index >= 15 is 0 Å². The number of ether oxygens (including phenoxy) is 22. The Bertz CT molecular complexity index is 2260. The lowest BCUT2D eigenvalue weighted by Crippen LogP contribution is -2.30. The number of nitrogens with zero attached hydrogens (tertiary/aromatic N) is 4. The maximum absolute atomic E-state index is 13.5. The summed E-state index contributed by atoms with van der Waals surface area (Å²) >= 11 is 0. The number of methoxy groups -OCH3 is 8. The van der Waals surface area contributed by atoms with E-state index in [2.05, 4.69) is 51.8 Å². The first-order valence-electron chi connectivity index (χ1n) is 35.6. The number of aromatic nitrogens is 4. The van der Waals surface area contributed by atoms with E-state index < -0.39 is 11.8 Å². The Labute approximate surface area is 615 Å². The molecule has 6 N–H and O–H groups in total. The Kier molecular flexibility index (Phi) is 69.4. The van der Waals surface area contributed by atoms with Crippen LogP contribution in [-0.4, -0.2) is 371 Å². The molecule has 2 rings (SSSR count). The number of hydrogen-bond acceptors (Lipinski definition) is 34. The number of rotatable bonds is 78. The maximum atomic E-state index is 13.5. The van der Waals surface area contributed by atoms with Crippen molar-refractivity contribution in [3.63, 3.8) is 0 Å². The number of amides is 2. The number of nitrogens with one attached hydrogen (secondary N) is 6. The van der Waals surface area contributed by atoms with E-state index in [4.69, 9.17) is 104 Å². The molecular formula is C68H126N10O26. The predicted octanol–water partition coefficient (Wildman–Crippen LogP) is 2.52. The third-order valence-corrected chi connectivity index (χ3v) is 13.5. The molecule has 2 aromatic rings. The van der Waals surface area contributed by atoms with Gasteiger partial charge in [-0.05, 0) is 32.1 Å². The summed E-state index contributed by atoms with van der Waals surface area (Å²) < 4.78 is 117. The van der Waals surface area contributed by atoms with Gasteiger partial charge in [-0.3, -0.25) is 19.2 Å². The Balaban J connectivity index is 0.00000104. The van der Waals surface area contributed by atoms with E-state index in [1.807, 2.05) is 0 Å². The summed E-state index contributed by atoms with van der Waals surface area (Å²) in [7, 11) is 12.8. The average molecular weight is 1500 g/mol. The van der Waals surface area contributed by atoms with Crippen LogP contribution in [0.15, 0.2) is 0 Å². The molecule has 0 aliphatic heterocycles. The third kappa shape index (κ3) is 55.2. The van der Waals surface area contributed by atoms with Crippen molar-refractivity contribution in [3.8, 4) is 0 Å². The van der Waals surface area contributed by atoms with Crippen LogP contribution in [0.3, 0.4) is 0 Å². The summed E-state index contributed by atoms with van der Waals surface area (Å²) in [5.41, 5.74) is 0.298. The largest absolute Gasteiger partial charge is 0.385 e. The van der Waals surface area contributed by atoms with Crippen LogP contribution in [-0.2, 0) is 104 Å². The van der Waals surface area contributed by atoms with Crippen LogP contribution in [0, 0.1) is 0 Å². The molecule has 0 saturated carbocycles. The van der Waals surface area contributed by atoms with Crippen LogP contribution in [0.5, 0.6) is 0 Å². The highest BCUT2D eigenvalue weighted by Crippen LogP contribution is 2.23. The summed E-state index contributed by atoms with van der Waals surface area (Å²) in [6.45, 7) is 17.6. The molecule has 0 aliphatic rings. The highest BCUT2D eigenvalue weighted by Gasteiger charge is 2.25. The Hall–Kier alpha value is -5.24. The molecule has 36 nitrogen and oxygen atoms in total. The van der Waals surface area contributed by atoms with Crippen molar-refractivity contribution in [2.45, 2.75) is 44.9 Å². The average Bonchev–Trinajstić information content (AvgIpc) is 0.814. The Morgan fingerprint density at radius 1 is 0.231 bits per heavy atom. The van der Waals surface area contributed by atoms with Crippen LogP contribution in [0.4, 0.5) is 23.3 Å². The zero-order chi connectivity index (χ0) is 75.5. The Morgan fingerprint density at radius 2 is 0.462 bits per heavy atom. The van der Waals surface area contributed by atoms with Gasteiger partial charge in [0.05, 0.1) is 198 Å². The predicted molar refractivity (Wildman–Crippen MR) is 385 cm³/mol. The Morgan fingerprint density at radius 3 is 0.779 bits per heavy atom. The second kappa shape index (κ2) is 74.6. The van der Waals surface area contributed by atoms with Gasteiger partial charge in [0, 0.05) is 135 Å². The highest BCUT2D eigenvalue weighted by molar-refractivity contribution is 6.03. The van der Waals surface area contributed by atoms with Crippen molar-refractivity contribution >= 4 is 46.7 Å². The van der Waals surface area contributed by atoms with Gasteiger partial charge < -0.3 is 136 Å². The van der Waals surface area contributed by atoms with Gasteiger partial charge in [0.15, 0.2) is 57.6 Å². The fourth-order valence-electron chi connectivity index (χ4n) is 8.15. The molecular weight excluding hydrogens is 1370 g/mol. The van der Waals surface area contributed by atoms with Gasteiger partial charge in [0.25, 0.3) is 11.8 Å². The van der Waals surface area contributed by atoms with Crippen molar-refractivity contribution in [3.05, 3.63) is 22.8 Å². The number of Topliss-reactive ketones (excluding diaryl/α,β-unsaturated/α-hetero) is 2. The van der Waals surface area contributed by atoms with Gasteiger partial charge in [-0.25, -0.2) is 19.9 Å². The van der Waals surface area contributed by atoms with Crippen LogP contribution in [0.2, 0.25) is 0 Å². The topological polar surface area (TPSA) is 395 Å². The number of carbonyl (C=O) groups is 4. The van der Waals surface area contributed by atoms with E-state index in [0.717, 1.165) is 0 Å². The first-order valence-corrected chi connectivity index (χ1v) is 35.6. The zero-order valence-electron chi connectivity index (χ0n) is 63.3. The molecule has 0 atom stereocenters. The fraction of sp³-hybridized carbons (Fsp3) is 0.824. The summed E-state index contributed by atoms with van der Waals surface area (Å²) in [6, 6.07) is 0. The van der Waals surface area contributed by atoms with E-state index in [9.17, 15) is 19.2 Å². The molecule has 604 valence electrons. The molecule has 0 aliphatic carbocycles. The lowest BCUT2D eigenvalue weighted by molar-refractivity contribution is 0.00367. The molecule has 2 amide bonds. The van der Waals surface area contributed by atoms with Crippen LogP contribution in [0.1, 0.15) is 86.9 Å². The molecule has 0 spiro atoms. The van der Waals surface area contributed by atoms with E-state index in [0.29, 0.717) is 270 Å². The van der Waals surface area contributed by atoms with E-state index in [1.54, 1.807) is 56.9 Å². The molecule has 0 saturated heterocycles. The summed E-state index contributed by atoms with van der Waals surface area (Å²) in [5.74, 6) is -0.682. The van der Waals surface area contributed by atoms with Gasteiger partial charge in [-0.15, -0.1) is 0 Å². The molecule has 104 heavy (non-hydrogen) atoms. The van der Waals surface area contributed by atoms with Gasteiger partial charge in [0.1, 0.15) is 6.73 Å². The minimum atomic E-state index is -0.502. The van der Waals surface area contributed by atoms with Gasteiger partial charge in [-0.1, -0.05) is 0 Å². The van der Waals surface area contributed by atoms with Crippen molar-refractivity contribution in [2.75, 3.05) is 349 Å². The SMILES string of the molecule is COCCCC(=O)c1nc(NCCCOCCOCCOCCOC)c(C(=O)NCCOC)nc1NCCCOCCOCCOCCOC.COCCOCCCC(=O)c1nc(NCOCCOCCOCCOC)c(C(=O)NCCOCCOC)nc1NCCCOCCOCCOCCOC. The van der Waals surface area contributed by atoms with Crippen molar-refractivity contribution < 1.29 is 123 Å². The molecule has 2 heterocycles. The minimum Gasteiger partial charge on any atom is -0.385 e. The highest BCUT2D eigenvalue weighted by atomic mass is 16.6. The molecule has 36 heteroatoms. The molecule has 0 unspecified atom stereocenters.